The number of nitrogens with one attached hydrogen (secondary N) is 1. The number of nitrogens with zero attached hydrogens (tertiary/aromatic N) is 5. The Kier molecular flexibility index (Phi) is 4.38. The first-order chi connectivity index (χ1) is 14.0. The third-order valence-electron chi connectivity index (χ3n) is 5.65. The lowest BCUT2D eigenvalue weighted by Crippen LogP contribution is -2.30. The highest BCUT2D eigenvalue weighted by Gasteiger charge is 2.28. The fraction of sp³-hybridized carbons (Fsp3) is 0.421. The van der Waals surface area contributed by atoms with Crippen LogP contribution in [0.25, 0.3) is 11.2 Å². The van der Waals surface area contributed by atoms with Crippen LogP contribution >= 0.6 is 0 Å². The summed E-state index contributed by atoms with van der Waals surface area (Å²) in [4.78, 5) is 13.1. The Balaban J connectivity index is 1.56. The number of H-pyrrole nitrogens is 1. The predicted molar refractivity (Wildman–Crippen MR) is 108 cm³/mol. The van der Waals surface area contributed by atoms with Crippen LogP contribution in [0.2, 0.25) is 0 Å². The van der Waals surface area contributed by atoms with Gasteiger partial charge in [-0.2, -0.15) is 13.5 Å². The summed E-state index contributed by atoms with van der Waals surface area (Å²) in [6, 6.07) is 4.66. The summed E-state index contributed by atoms with van der Waals surface area (Å²) >= 11 is 0. The van der Waals surface area contributed by atoms with Crippen LogP contribution < -0.4 is 9.80 Å². The SMILES string of the molecule is O=S(=O)(F)c1cccc2c1CCCN2c1n[nH]c2nc(N3CCCCC3)cnc12. The van der Waals surface area contributed by atoms with Gasteiger partial charge in [-0.25, -0.2) is 9.97 Å². The van der Waals surface area contributed by atoms with E-state index in [1.165, 1.54) is 12.5 Å². The number of aromatic amines is 1. The number of hydrogen-bond acceptors (Lipinski definition) is 7. The Morgan fingerprint density at radius 3 is 2.69 bits per heavy atom. The predicted octanol–water partition coefficient (Wildman–Crippen LogP) is 3.09. The van der Waals surface area contributed by atoms with Gasteiger partial charge in [-0.15, -0.1) is 3.89 Å². The molecule has 8 nitrogen and oxygen atoms in total. The fourth-order valence-corrected chi connectivity index (χ4v) is 5.03. The second-order valence-electron chi connectivity index (χ2n) is 7.47. The van der Waals surface area contributed by atoms with Crippen molar-refractivity contribution >= 4 is 38.7 Å². The van der Waals surface area contributed by atoms with Crippen LogP contribution in [0.1, 0.15) is 31.2 Å². The summed E-state index contributed by atoms with van der Waals surface area (Å²) in [6.45, 7) is 2.58. The van der Waals surface area contributed by atoms with Crippen LogP contribution in [-0.2, 0) is 16.6 Å². The van der Waals surface area contributed by atoms with Crippen LogP contribution in [0.15, 0.2) is 29.3 Å². The molecule has 2 aliphatic heterocycles. The summed E-state index contributed by atoms with van der Waals surface area (Å²) in [5.41, 5.74) is 2.33. The maximum absolute atomic E-state index is 13.8. The van der Waals surface area contributed by atoms with Gasteiger partial charge >= 0.3 is 10.2 Å². The monoisotopic (exact) mass is 416 g/mol. The highest BCUT2D eigenvalue weighted by molar-refractivity contribution is 7.86. The summed E-state index contributed by atoms with van der Waals surface area (Å²) in [5.74, 6) is 1.41. The molecule has 0 spiro atoms. The van der Waals surface area contributed by atoms with Crippen molar-refractivity contribution in [3.8, 4) is 0 Å². The van der Waals surface area contributed by atoms with Gasteiger partial charge in [0.2, 0.25) is 0 Å². The number of rotatable bonds is 3. The van der Waals surface area contributed by atoms with E-state index in [1.807, 2.05) is 4.90 Å². The van der Waals surface area contributed by atoms with Crippen LogP contribution in [0.3, 0.4) is 0 Å². The molecule has 0 unspecified atom stereocenters. The molecule has 1 aromatic carbocycles. The van der Waals surface area contributed by atoms with E-state index in [0.717, 1.165) is 31.7 Å². The van der Waals surface area contributed by atoms with E-state index >= 15 is 0 Å². The molecule has 5 rings (SSSR count). The molecular formula is C19H21FN6O2S. The van der Waals surface area contributed by atoms with E-state index in [-0.39, 0.29) is 4.90 Å². The standard InChI is InChI=1S/C19H21FN6O2S/c20-29(27,28)15-8-4-7-14-13(15)6-5-11-26(14)19-17-18(23-24-19)22-16(12-21-17)25-9-2-1-3-10-25/h4,7-8,12H,1-3,5-6,9-11H2,(H,22,23,24). The van der Waals surface area contributed by atoms with Crippen molar-refractivity contribution in [3.63, 3.8) is 0 Å². The molecule has 3 aromatic rings. The van der Waals surface area contributed by atoms with E-state index in [9.17, 15) is 12.3 Å². The first-order valence-corrected chi connectivity index (χ1v) is 11.2. The van der Waals surface area contributed by atoms with Gasteiger partial charge in [0.15, 0.2) is 17.0 Å². The molecule has 2 aromatic heterocycles. The molecule has 1 saturated heterocycles. The van der Waals surface area contributed by atoms with E-state index in [4.69, 9.17) is 0 Å². The Bertz CT molecular complexity index is 1170. The van der Waals surface area contributed by atoms with Crippen molar-refractivity contribution < 1.29 is 12.3 Å². The molecular weight excluding hydrogens is 395 g/mol. The normalized spacial score (nSPS) is 17.6. The topological polar surface area (TPSA) is 95.1 Å². The Hall–Kier alpha value is -2.75. The molecule has 0 amide bonds. The number of halogens is 1. The molecule has 0 saturated carbocycles. The largest absolute Gasteiger partial charge is 0.355 e. The molecule has 152 valence electrons. The Labute approximate surface area is 168 Å². The lowest BCUT2D eigenvalue weighted by Gasteiger charge is -2.30. The lowest BCUT2D eigenvalue weighted by molar-refractivity contribution is 0.550. The average Bonchev–Trinajstić information content (AvgIpc) is 3.16. The van der Waals surface area contributed by atoms with Crippen molar-refractivity contribution in [3.05, 3.63) is 30.0 Å². The van der Waals surface area contributed by atoms with Crippen LogP contribution in [-0.4, -0.2) is 48.2 Å². The van der Waals surface area contributed by atoms with E-state index in [2.05, 4.69) is 25.1 Å². The molecule has 2 aliphatic rings. The summed E-state index contributed by atoms with van der Waals surface area (Å²) in [7, 11) is -4.79. The first kappa shape index (κ1) is 18.3. The number of fused-ring (bicyclic) bond motifs is 2. The fourth-order valence-electron chi connectivity index (χ4n) is 4.28. The lowest BCUT2D eigenvalue weighted by atomic mass is 10.0. The average molecular weight is 416 g/mol. The number of anilines is 3. The third-order valence-corrected chi connectivity index (χ3v) is 6.55. The molecule has 1 N–H and O–H groups in total. The second kappa shape index (κ2) is 6.94. The zero-order valence-electron chi connectivity index (χ0n) is 15.8. The van der Waals surface area contributed by atoms with Gasteiger partial charge in [0.25, 0.3) is 0 Å². The third kappa shape index (κ3) is 3.21. The van der Waals surface area contributed by atoms with Crippen molar-refractivity contribution in [1.82, 2.24) is 20.2 Å². The number of hydrogen-bond donors (Lipinski definition) is 1. The molecule has 0 atom stereocenters. The molecule has 0 radical (unpaired) electrons. The molecule has 0 bridgehead atoms. The van der Waals surface area contributed by atoms with E-state index < -0.39 is 10.2 Å². The minimum absolute atomic E-state index is 0.266. The zero-order chi connectivity index (χ0) is 20.0. The minimum Gasteiger partial charge on any atom is -0.355 e. The minimum atomic E-state index is -4.79. The number of piperidine rings is 1. The van der Waals surface area contributed by atoms with Gasteiger partial charge in [0.05, 0.1) is 6.20 Å². The molecule has 0 aliphatic carbocycles. The van der Waals surface area contributed by atoms with Gasteiger partial charge in [-0.1, -0.05) is 6.07 Å². The van der Waals surface area contributed by atoms with Gasteiger partial charge in [0, 0.05) is 25.3 Å². The summed E-state index contributed by atoms with van der Waals surface area (Å²) in [5, 5.41) is 7.37. The molecule has 4 heterocycles. The van der Waals surface area contributed by atoms with Crippen LogP contribution in [0.4, 0.5) is 21.2 Å². The van der Waals surface area contributed by atoms with Crippen molar-refractivity contribution in [2.24, 2.45) is 0 Å². The van der Waals surface area contributed by atoms with Gasteiger partial charge in [-0.05, 0) is 49.8 Å². The van der Waals surface area contributed by atoms with Gasteiger partial charge in [-0.3, -0.25) is 5.10 Å². The van der Waals surface area contributed by atoms with Crippen molar-refractivity contribution in [2.75, 3.05) is 29.4 Å². The van der Waals surface area contributed by atoms with Gasteiger partial charge in [0.1, 0.15) is 10.7 Å². The van der Waals surface area contributed by atoms with E-state index in [0.29, 0.717) is 47.6 Å². The van der Waals surface area contributed by atoms with Crippen molar-refractivity contribution in [2.45, 2.75) is 37.0 Å². The summed E-state index contributed by atoms with van der Waals surface area (Å²) < 4.78 is 36.9. The maximum atomic E-state index is 13.8. The quantitative estimate of drug-likeness (QED) is 0.656. The van der Waals surface area contributed by atoms with Crippen molar-refractivity contribution in [1.29, 1.82) is 0 Å². The Morgan fingerprint density at radius 2 is 1.90 bits per heavy atom. The highest BCUT2D eigenvalue weighted by atomic mass is 32.3. The van der Waals surface area contributed by atoms with Gasteiger partial charge < -0.3 is 9.80 Å². The highest BCUT2D eigenvalue weighted by Crippen LogP contribution is 2.38. The molecule has 10 heteroatoms. The second-order valence-corrected chi connectivity index (χ2v) is 8.78. The first-order valence-electron chi connectivity index (χ1n) is 9.82. The van der Waals surface area contributed by atoms with Crippen LogP contribution in [0, 0.1) is 0 Å². The van der Waals surface area contributed by atoms with E-state index in [1.54, 1.807) is 18.3 Å². The number of benzene rings is 1. The Morgan fingerprint density at radius 1 is 1.07 bits per heavy atom. The smallest absolute Gasteiger partial charge is 0.332 e. The van der Waals surface area contributed by atoms with Crippen LogP contribution in [0.5, 0.6) is 0 Å². The zero-order valence-corrected chi connectivity index (χ0v) is 16.6. The summed E-state index contributed by atoms with van der Waals surface area (Å²) in [6.07, 6.45) is 6.49. The molecule has 29 heavy (non-hydrogen) atoms. The maximum Gasteiger partial charge on any atom is 0.332 e. The molecule has 1 fully saturated rings. The number of aromatic nitrogens is 4.